The average Bonchev–Trinajstić information content (AvgIpc) is 2.18. The van der Waals surface area contributed by atoms with E-state index in [-0.39, 0.29) is 6.07 Å². The van der Waals surface area contributed by atoms with Crippen LogP contribution in [0.5, 0.6) is 17.2 Å². The summed E-state index contributed by atoms with van der Waals surface area (Å²) in [5, 5.41) is 0. The van der Waals surface area contributed by atoms with Gasteiger partial charge in [-0.3, -0.25) is 0 Å². The van der Waals surface area contributed by atoms with Gasteiger partial charge in [-0.05, 0) is 12.1 Å². The van der Waals surface area contributed by atoms with Gasteiger partial charge in [0.05, 0.1) is 14.2 Å². The van der Waals surface area contributed by atoms with Crippen LogP contribution < -0.4 is 14.2 Å². The largest absolute Gasteiger partial charge is 0.493 e. The van der Waals surface area contributed by atoms with Gasteiger partial charge in [-0.1, -0.05) is 17.7 Å². The summed E-state index contributed by atoms with van der Waals surface area (Å²) < 4.78 is 15.3. The standard InChI is InChI=1S/C9H11ClO3/c1-11-7-4-3-5-8(12-2)9(7)13-6-10/h3-5H,6H2,1-2H3. The Hall–Kier alpha value is -1.09. The third-order valence-corrected chi connectivity index (χ3v) is 1.69. The fourth-order valence-corrected chi connectivity index (χ4v) is 1.12. The Kier molecular flexibility index (Phi) is 3.71. The van der Waals surface area contributed by atoms with Crippen molar-refractivity contribution in [3.8, 4) is 17.2 Å². The van der Waals surface area contributed by atoms with Crippen molar-refractivity contribution in [3.05, 3.63) is 18.2 Å². The van der Waals surface area contributed by atoms with Crippen molar-refractivity contribution in [2.45, 2.75) is 0 Å². The van der Waals surface area contributed by atoms with Gasteiger partial charge >= 0.3 is 0 Å². The van der Waals surface area contributed by atoms with Gasteiger partial charge in [0.1, 0.15) is 0 Å². The molecule has 1 aromatic rings. The highest BCUT2D eigenvalue weighted by molar-refractivity contribution is 6.17. The Morgan fingerprint density at radius 3 is 2.08 bits per heavy atom. The van der Waals surface area contributed by atoms with Gasteiger partial charge in [0.2, 0.25) is 5.75 Å². The minimum atomic E-state index is 0.0662. The fourth-order valence-electron chi connectivity index (χ4n) is 1.01. The Morgan fingerprint density at radius 2 is 1.69 bits per heavy atom. The number of alkyl halides is 1. The van der Waals surface area contributed by atoms with Crippen LogP contribution in [-0.4, -0.2) is 20.3 Å². The summed E-state index contributed by atoms with van der Waals surface area (Å²) in [6.07, 6.45) is 0. The van der Waals surface area contributed by atoms with E-state index in [1.54, 1.807) is 26.4 Å². The van der Waals surface area contributed by atoms with Gasteiger partial charge in [0.15, 0.2) is 17.6 Å². The van der Waals surface area contributed by atoms with E-state index < -0.39 is 0 Å². The summed E-state index contributed by atoms with van der Waals surface area (Å²) in [4.78, 5) is 0. The number of benzene rings is 1. The molecule has 13 heavy (non-hydrogen) atoms. The van der Waals surface area contributed by atoms with E-state index in [0.717, 1.165) is 0 Å². The second kappa shape index (κ2) is 4.82. The molecule has 0 bridgehead atoms. The normalized spacial score (nSPS) is 9.46. The molecular weight excluding hydrogens is 192 g/mol. The molecule has 4 heteroatoms. The summed E-state index contributed by atoms with van der Waals surface area (Å²) in [5.41, 5.74) is 0. The van der Waals surface area contributed by atoms with Gasteiger partial charge in [-0.15, -0.1) is 0 Å². The molecule has 0 fully saturated rings. The SMILES string of the molecule is COc1cccc(OC)c1OCCl. The van der Waals surface area contributed by atoms with Gasteiger partial charge in [-0.2, -0.15) is 0 Å². The Morgan fingerprint density at radius 1 is 1.15 bits per heavy atom. The molecule has 1 rings (SSSR count). The van der Waals surface area contributed by atoms with Crippen LogP contribution in [-0.2, 0) is 0 Å². The summed E-state index contributed by atoms with van der Waals surface area (Å²) in [5.74, 6) is 1.75. The fraction of sp³-hybridized carbons (Fsp3) is 0.333. The molecule has 0 heterocycles. The third kappa shape index (κ3) is 2.18. The number of methoxy groups -OCH3 is 2. The predicted molar refractivity (Wildman–Crippen MR) is 50.9 cm³/mol. The molecule has 0 aliphatic heterocycles. The van der Waals surface area contributed by atoms with Crippen LogP contribution in [0.15, 0.2) is 18.2 Å². The summed E-state index contributed by atoms with van der Waals surface area (Å²) >= 11 is 5.46. The molecule has 0 unspecified atom stereocenters. The van der Waals surface area contributed by atoms with Crippen molar-refractivity contribution in [1.82, 2.24) is 0 Å². The van der Waals surface area contributed by atoms with Gasteiger partial charge < -0.3 is 14.2 Å². The molecule has 0 aromatic heterocycles. The lowest BCUT2D eigenvalue weighted by Crippen LogP contribution is -1.96. The average molecular weight is 203 g/mol. The molecule has 0 saturated heterocycles. The quantitative estimate of drug-likeness (QED) is 0.702. The van der Waals surface area contributed by atoms with Crippen LogP contribution in [0.25, 0.3) is 0 Å². The Bertz CT molecular complexity index is 253. The van der Waals surface area contributed by atoms with Gasteiger partial charge in [0.25, 0.3) is 0 Å². The first-order valence-electron chi connectivity index (χ1n) is 3.73. The second-order valence-electron chi connectivity index (χ2n) is 2.25. The Balaban J connectivity index is 3.05. The molecule has 0 saturated carbocycles. The smallest absolute Gasteiger partial charge is 0.204 e. The van der Waals surface area contributed by atoms with E-state index in [1.165, 1.54) is 0 Å². The van der Waals surface area contributed by atoms with Crippen molar-refractivity contribution in [2.24, 2.45) is 0 Å². The molecule has 0 aliphatic rings. The summed E-state index contributed by atoms with van der Waals surface area (Å²) in [6.45, 7) is 0. The monoisotopic (exact) mass is 202 g/mol. The zero-order chi connectivity index (χ0) is 9.68. The second-order valence-corrected chi connectivity index (χ2v) is 2.46. The molecule has 0 spiro atoms. The number of rotatable bonds is 4. The van der Waals surface area contributed by atoms with Crippen molar-refractivity contribution in [1.29, 1.82) is 0 Å². The van der Waals surface area contributed by atoms with Crippen LogP contribution in [0.4, 0.5) is 0 Å². The predicted octanol–water partition coefficient (Wildman–Crippen LogP) is 2.28. The van der Waals surface area contributed by atoms with E-state index in [9.17, 15) is 0 Å². The van der Waals surface area contributed by atoms with Gasteiger partial charge in [0, 0.05) is 0 Å². The molecule has 0 amide bonds. The van der Waals surface area contributed by atoms with Gasteiger partial charge in [-0.25, -0.2) is 0 Å². The first-order valence-corrected chi connectivity index (χ1v) is 4.26. The van der Waals surface area contributed by atoms with E-state index in [4.69, 9.17) is 25.8 Å². The highest BCUT2D eigenvalue weighted by Gasteiger charge is 2.09. The zero-order valence-corrected chi connectivity index (χ0v) is 8.30. The Labute approximate surface area is 82.2 Å². The number of ether oxygens (including phenoxy) is 3. The first-order chi connectivity index (χ1) is 6.33. The van der Waals surface area contributed by atoms with Crippen LogP contribution in [0.1, 0.15) is 0 Å². The van der Waals surface area contributed by atoms with Crippen LogP contribution >= 0.6 is 11.6 Å². The summed E-state index contributed by atoms with van der Waals surface area (Å²) in [7, 11) is 3.13. The lowest BCUT2D eigenvalue weighted by Gasteiger charge is -2.11. The minimum Gasteiger partial charge on any atom is -0.493 e. The van der Waals surface area contributed by atoms with E-state index in [2.05, 4.69) is 0 Å². The molecule has 0 radical (unpaired) electrons. The van der Waals surface area contributed by atoms with E-state index in [0.29, 0.717) is 17.2 Å². The van der Waals surface area contributed by atoms with E-state index >= 15 is 0 Å². The highest BCUT2D eigenvalue weighted by Crippen LogP contribution is 2.36. The van der Waals surface area contributed by atoms with Crippen molar-refractivity contribution in [3.63, 3.8) is 0 Å². The molecule has 72 valence electrons. The number of hydrogen-bond acceptors (Lipinski definition) is 3. The third-order valence-electron chi connectivity index (χ3n) is 1.58. The maximum atomic E-state index is 5.46. The van der Waals surface area contributed by atoms with E-state index in [1.807, 2.05) is 6.07 Å². The van der Waals surface area contributed by atoms with Crippen LogP contribution in [0, 0.1) is 0 Å². The minimum absolute atomic E-state index is 0.0662. The molecule has 0 N–H and O–H groups in total. The highest BCUT2D eigenvalue weighted by atomic mass is 35.5. The van der Waals surface area contributed by atoms with Crippen LogP contribution in [0.3, 0.4) is 0 Å². The lowest BCUT2D eigenvalue weighted by atomic mass is 10.3. The molecule has 0 aliphatic carbocycles. The zero-order valence-electron chi connectivity index (χ0n) is 7.54. The van der Waals surface area contributed by atoms with Crippen molar-refractivity contribution >= 4 is 11.6 Å². The van der Waals surface area contributed by atoms with Crippen molar-refractivity contribution < 1.29 is 14.2 Å². The molecule has 0 atom stereocenters. The number of hydrogen-bond donors (Lipinski definition) is 0. The number of para-hydroxylation sites is 1. The maximum Gasteiger partial charge on any atom is 0.204 e. The molecule has 3 nitrogen and oxygen atoms in total. The molecule has 1 aromatic carbocycles. The number of halogens is 1. The first kappa shape index (κ1) is 9.99. The van der Waals surface area contributed by atoms with Crippen molar-refractivity contribution in [2.75, 3.05) is 20.3 Å². The molecular formula is C9H11ClO3. The van der Waals surface area contributed by atoms with Crippen LogP contribution in [0.2, 0.25) is 0 Å². The maximum absolute atomic E-state index is 5.46. The summed E-state index contributed by atoms with van der Waals surface area (Å²) in [6, 6.07) is 5.45. The lowest BCUT2D eigenvalue weighted by molar-refractivity contribution is 0.313. The topological polar surface area (TPSA) is 27.7 Å².